The third-order valence-corrected chi connectivity index (χ3v) is 3.45. The van der Waals surface area contributed by atoms with Crippen molar-refractivity contribution in [1.82, 2.24) is 10.3 Å². The van der Waals surface area contributed by atoms with Crippen LogP contribution in [0.1, 0.15) is 31.9 Å². The number of hydrogen-bond donors (Lipinski definition) is 1. The van der Waals surface area contributed by atoms with Gasteiger partial charge in [0.15, 0.2) is 0 Å². The monoisotopic (exact) mass is 190 g/mol. The van der Waals surface area contributed by atoms with Crippen molar-refractivity contribution in [2.75, 3.05) is 13.1 Å². The van der Waals surface area contributed by atoms with E-state index in [2.05, 4.69) is 29.4 Å². The highest BCUT2D eigenvalue weighted by atomic mass is 14.9. The maximum Gasteiger partial charge on any atom is 0.0466 e. The third-order valence-electron chi connectivity index (χ3n) is 3.45. The number of piperidine rings is 1. The van der Waals surface area contributed by atoms with Gasteiger partial charge >= 0.3 is 0 Å². The van der Waals surface area contributed by atoms with Gasteiger partial charge in [-0.15, -0.1) is 0 Å². The third kappa shape index (κ3) is 1.67. The van der Waals surface area contributed by atoms with Gasteiger partial charge in [-0.1, -0.05) is 13.0 Å². The summed E-state index contributed by atoms with van der Waals surface area (Å²) in [6, 6.07) is 6.27. The lowest BCUT2D eigenvalue weighted by Crippen LogP contribution is -2.39. The van der Waals surface area contributed by atoms with Crippen LogP contribution >= 0.6 is 0 Å². The van der Waals surface area contributed by atoms with Gasteiger partial charge in [-0.25, -0.2) is 0 Å². The van der Waals surface area contributed by atoms with E-state index in [1.54, 1.807) is 0 Å². The van der Waals surface area contributed by atoms with E-state index in [1.165, 1.54) is 25.0 Å². The van der Waals surface area contributed by atoms with Crippen LogP contribution in [0.25, 0.3) is 0 Å². The predicted octanol–water partition coefficient (Wildman–Crippen LogP) is 2.11. The summed E-state index contributed by atoms with van der Waals surface area (Å²) in [5.74, 6) is 0. The van der Waals surface area contributed by atoms with Crippen LogP contribution in [0.4, 0.5) is 0 Å². The molecule has 0 aliphatic carbocycles. The number of hydrogen-bond acceptors (Lipinski definition) is 2. The zero-order chi connectivity index (χ0) is 9.86. The van der Waals surface area contributed by atoms with Gasteiger partial charge in [0.2, 0.25) is 0 Å². The molecule has 1 aromatic rings. The zero-order valence-electron chi connectivity index (χ0n) is 8.79. The Labute approximate surface area is 85.7 Å². The van der Waals surface area contributed by atoms with Gasteiger partial charge in [0.25, 0.3) is 0 Å². The van der Waals surface area contributed by atoms with Gasteiger partial charge in [-0.05, 0) is 44.5 Å². The molecule has 14 heavy (non-hydrogen) atoms. The minimum absolute atomic E-state index is 0.340. The van der Waals surface area contributed by atoms with Crippen molar-refractivity contribution in [2.24, 2.45) is 0 Å². The molecule has 0 atom stereocenters. The van der Waals surface area contributed by atoms with Crippen LogP contribution in [0.15, 0.2) is 24.4 Å². The molecule has 0 radical (unpaired) electrons. The molecule has 0 amide bonds. The van der Waals surface area contributed by atoms with E-state index in [4.69, 9.17) is 0 Å². The SMILES string of the molecule is CCC1(c2ccccn2)CCNCC1. The number of nitrogens with zero attached hydrogens (tertiary/aromatic N) is 1. The summed E-state index contributed by atoms with van der Waals surface area (Å²) in [7, 11) is 0. The van der Waals surface area contributed by atoms with Gasteiger partial charge in [-0.3, -0.25) is 4.98 Å². The Kier molecular flexibility index (Phi) is 2.82. The molecule has 1 aliphatic heterocycles. The van der Waals surface area contributed by atoms with Gasteiger partial charge in [-0.2, -0.15) is 0 Å². The molecule has 0 bridgehead atoms. The molecule has 2 heteroatoms. The fourth-order valence-electron chi connectivity index (χ4n) is 2.37. The average molecular weight is 190 g/mol. The van der Waals surface area contributed by atoms with Crippen LogP contribution in [-0.4, -0.2) is 18.1 Å². The highest BCUT2D eigenvalue weighted by Gasteiger charge is 2.32. The highest BCUT2D eigenvalue weighted by molar-refractivity contribution is 5.18. The van der Waals surface area contributed by atoms with Crippen molar-refractivity contribution in [3.8, 4) is 0 Å². The topological polar surface area (TPSA) is 24.9 Å². The zero-order valence-corrected chi connectivity index (χ0v) is 8.79. The Morgan fingerprint density at radius 3 is 2.71 bits per heavy atom. The Balaban J connectivity index is 2.27. The molecule has 1 aromatic heterocycles. The average Bonchev–Trinajstić information content (AvgIpc) is 2.31. The van der Waals surface area contributed by atoms with Crippen LogP contribution in [0.5, 0.6) is 0 Å². The second kappa shape index (κ2) is 4.09. The molecule has 2 nitrogen and oxygen atoms in total. The first-order valence-corrected chi connectivity index (χ1v) is 5.50. The Morgan fingerprint density at radius 2 is 2.14 bits per heavy atom. The minimum Gasteiger partial charge on any atom is -0.317 e. The second-order valence-corrected chi connectivity index (χ2v) is 4.10. The lowest BCUT2D eigenvalue weighted by Gasteiger charge is -2.36. The van der Waals surface area contributed by atoms with E-state index in [9.17, 15) is 0 Å². The molecule has 1 saturated heterocycles. The van der Waals surface area contributed by atoms with Crippen molar-refractivity contribution in [1.29, 1.82) is 0 Å². The van der Waals surface area contributed by atoms with Crippen molar-refractivity contribution in [2.45, 2.75) is 31.6 Å². The van der Waals surface area contributed by atoms with Crippen molar-refractivity contribution in [3.63, 3.8) is 0 Å². The van der Waals surface area contributed by atoms with Gasteiger partial charge < -0.3 is 5.32 Å². The van der Waals surface area contributed by atoms with Crippen molar-refractivity contribution >= 4 is 0 Å². The van der Waals surface area contributed by atoms with Crippen LogP contribution in [0.2, 0.25) is 0 Å². The first-order chi connectivity index (χ1) is 6.87. The molecule has 1 aliphatic rings. The predicted molar refractivity (Wildman–Crippen MR) is 58.3 cm³/mol. The lowest BCUT2D eigenvalue weighted by molar-refractivity contribution is 0.290. The number of pyridine rings is 1. The van der Waals surface area contributed by atoms with E-state index >= 15 is 0 Å². The smallest absolute Gasteiger partial charge is 0.0466 e. The first-order valence-electron chi connectivity index (χ1n) is 5.50. The first kappa shape index (κ1) is 9.66. The fraction of sp³-hybridized carbons (Fsp3) is 0.583. The summed E-state index contributed by atoms with van der Waals surface area (Å²) >= 11 is 0. The van der Waals surface area contributed by atoms with Crippen LogP contribution in [-0.2, 0) is 5.41 Å². The normalized spacial score (nSPS) is 20.6. The van der Waals surface area contributed by atoms with E-state index < -0.39 is 0 Å². The van der Waals surface area contributed by atoms with Crippen LogP contribution in [0, 0.1) is 0 Å². The summed E-state index contributed by atoms with van der Waals surface area (Å²) in [6.45, 7) is 4.54. The number of aromatic nitrogens is 1. The maximum atomic E-state index is 4.52. The fourth-order valence-corrected chi connectivity index (χ4v) is 2.37. The number of nitrogens with one attached hydrogen (secondary N) is 1. The second-order valence-electron chi connectivity index (χ2n) is 4.10. The lowest BCUT2D eigenvalue weighted by atomic mass is 9.74. The molecule has 0 aromatic carbocycles. The molecular formula is C12H18N2. The maximum absolute atomic E-state index is 4.52. The molecule has 0 unspecified atom stereocenters. The molecule has 2 rings (SSSR count). The van der Waals surface area contributed by atoms with Crippen molar-refractivity contribution in [3.05, 3.63) is 30.1 Å². The molecule has 1 N–H and O–H groups in total. The molecule has 1 fully saturated rings. The van der Waals surface area contributed by atoms with Crippen LogP contribution in [0.3, 0.4) is 0 Å². The van der Waals surface area contributed by atoms with Gasteiger partial charge in [0, 0.05) is 17.3 Å². The van der Waals surface area contributed by atoms with E-state index in [0.717, 1.165) is 13.1 Å². The quantitative estimate of drug-likeness (QED) is 0.772. The van der Waals surface area contributed by atoms with Gasteiger partial charge in [0.1, 0.15) is 0 Å². The molecular weight excluding hydrogens is 172 g/mol. The molecule has 76 valence electrons. The van der Waals surface area contributed by atoms with Gasteiger partial charge in [0.05, 0.1) is 0 Å². The summed E-state index contributed by atoms with van der Waals surface area (Å²) < 4.78 is 0. The van der Waals surface area contributed by atoms with E-state index in [1.807, 2.05) is 12.3 Å². The van der Waals surface area contributed by atoms with Crippen LogP contribution < -0.4 is 5.32 Å². The standard InChI is InChI=1S/C12H18N2/c1-2-12(6-9-13-10-7-12)11-5-3-4-8-14-11/h3-5,8,13H,2,6-7,9-10H2,1H3. The molecule has 0 spiro atoms. The van der Waals surface area contributed by atoms with Crippen molar-refractivity contribution < 1.29 is 0 Å². The summed E-state index contributed by atoms with van der Waals surface area (Å²) in [5.41, 5.74) is 1.62. The largest absolute Gasteiger partial charge is 0.317 e. The Morgan fingerprint density at radius 1 is 1.36 bits per heavy atom. The summed E-state index contributed by atoms with van der Waals surface area (Å²) in [5, 5.41) is 3.42. The highest BCUT2D eigenvalue weighted by Crippen LogP contribution is 2.34. The van der Waals surface area contributed by atoms with E-state index in [-0.39, 0.29) is 0 Å². The molecule has 2 heterocycles. The minimum atomic E-state index is 0.340. The summed E-state index contributed by atoms with van der Waals surface area (Å²) in [6.07, 6.45) is 5.56. The Hall–Kier alpha value is -0.890. The Bertz CT molecular complexity index is 276. The number of rotatable bonds is 2. The summed E-state index contributed by atoms with van der Waals surface area (Å²) in [4.78, 5) is 4.52. The molecule has 0 saturated carbocycles. The van der Waals surface area contributed by atoms with E-state index in [0.29, 0.717) is 5.41 Å².